The molecule has 0 aromatic heterocycles. The summed E-state index contributed by atoms with van der Waals surface area (Å²) in [6.07, 6.45) is 2.67. The number of nitrogens with one attached hydrogen (secondary N) is 1. The van der Waals surface area contributed by atoms with E-state index in [2.05, 4.69) is 24.1 Å². The van der Waals surface area contributed by atoms with Crippen LogP contribution in [0.2, 0.25) is 0 Å². The van der Waals surface area contributed by atoms with E-state index in [1.54, 1.807) is 0 Å². The minimum Gasteiger partial charge on any atom is -0.468 e. The topological polar surface area (TPSA) is 41.6 Å². The van der Waals surface area contributed by atoms with E-state index in [9.17, 15) is 4.79 Å². The predicted octanol–water partition coefficient (Wildman–Crippen LogP) is 1.90. The van der Waals surface area contributed by atoms with Gasteiger partial charge in [0.1, 0.15) is 5.54 Å². The number of nitrogens with zero attached hydrogens (tertiary/aromatic N) is 1. The maximum absolute atomic E-state index is 12.1. The van der Waals surface area contributed by atoms with Crippen LogP contribution in [-0.2, 0) is 9.53 Å². The monoisotopic (exact) mass is 258 g/mol. The number of rotatable bonds is 9. The Morgan fingerprint density at radius 2 is 2.00 bits per heavy atom. The summed E-state index contributed by atoms with van der Waals surface area (Å²) in [5.74, 6) is 0.375. The second-order valence-corrected chi connectivity index (χ2v) is 5.37. The van der Waals surface area contributed by atoms with Gasteiger partial charge in [-0.25, -0.2) is 0 Å². The third-order valence-electron chi connectivity index (χ3n) is 3.60. The molecular weight excluding hydrogens is 228 g/mol. The number of carbonyl (C=O) groups is 1. The molecule has 0 aromatic carbocycles. The lowest BCUT2D eigenvalue weighted by Gasteiger charge is -2.33. The van der Waals surface area contributed by atoms with Crippen LogP contribution in [0.4, 0.5) is 0 Å². The Balaban J connectivity index is 4.70. The fraction of sp³-hybridized carbons (Fsp3) is 0.929. The highest BCUT2D eigenvalue weighted by Crippen LogP contribution is 2.24. The van der Waals surface area contributed by atoms with Crippen LogP contribution in [0.15, 0.2) is 0 Å². The first kappa shape index (κ1) is 17.4. The van der Waals surface area contributed by atoms with Crippen molar-refractivity contribution in [3.63, 3.8) is 0 Å². The van der Waals surface area contributed by atoms with E-state index in [1.807, 2.05) is 21.0 Å². The Kier molecular flexibility index (Phi) is 8.20. The number of esters is 1. The maximum Gasteiger partial charge on any atom is 0.326 e. The average Bonchev–Trinajstić information content (AvgIpc) is 2.35. The number of likely N-dealkylation sites (N-methyl/N-ethyl adjacent to an activating group) is 1. The molecule has 4 heteroatoms. The Labute approximate surface area is 112 Å². The molecule has 0 amide bonds. The van der Waals surface area contributed by atoms with E-state index >= 15 is 0 Å². The molecule has 0 heterocycles. The van der Waals surface area contributed by atoms with Gasteiger partial charge < -0.3 is 15.0 Å². The van der Waals surface area contributed by atoms with Gasteiger partial charge in [0, 0.05) is 13.1 Å². The summed E-state index contributed by atoms with van der Waals surface area (Å²) >= 11 is 0. The summed E-state index contributed by atoms with van der Waals surface area (Å²) < 4.78 is 4.99. The minimum absolute atomic E-state index is 0.135. The smallest absolute Gasteiger partial charge is 0.326 e. The second-order valence-electron chi connectivity index (χ2n) is 5.37. The van der Waals surface area contributed by atoms with Crippen molar-refractivity contribution in [2.24, 2.45) is 5.92 Å². The van der Waals surface area contributed by atoms with Crippen molar-refractivity contribution < 1.29 is 9.53 Å². The highest BCUT2D eigenvalue weighted by atomic mass is 16.5. The van der Waals surface area contributed by atoms with Gasteiger partial charge in [0.25, 0.3) is 0 Å². The van der Waals surface area contributed by atoms with Crippen LogP contribution in [0.3, 0.4) is 0 Å². The molecule has 0 aromatic rings. The van der Waals surface area contributed by atoms with Gasteiger partial charge in [0.15, 0.2) is 0 Å². The number of hydrogen-bond acceptors (Lipinski definition) is 4. The molecule has 2 atom stereocenters. The lowest BCUT2D eigenvalue weighted by molar-refractivity contribution is -0.149. The second kappa shape index (κ2) is 8.48. The maximum atomic E-state index is 12.1. The van der Waals surface area contributed by atoms with E-state index < -0.39 is 5.54 Å². The van der Waals surface area contributed by atoms with E-state index in [-0.39, 0.29) is 5.97 Å². The van der Waals surface area contributed by atoms with Gasteiger partial charge in [-0.2, -0.15) is 0 Å². The van der Waals surface area contributed by atoms with Gasteiger partial charge in [-0.1, -0.05) is 27.2 Å². The van der Waals surface area contributed by atoms with Crippen LogP contribution in [0.25, 0.3) is 0 Å². The molecule has 0 fully saturated rings. The van der Waals surface area contributed by atoms with Crippen molar-refractivity contribution >= 4 is 5.97 Å². The fourth-order valence-corrected chi connectivity index (χ4v) is 2.09. The quantitative estimate of drug-likeness (QED) is 0.641. The molecule has 108 valence electrons. The number of carbonyl (C=O) groups excluding carboxylic acids is 1. The Morgan fingerprint density at radius 1 is 1.39 bits per heavy atom. The van der Waals surface area contributed by atoms with Crippen molar-refractivity contribution in [3.8, 4) is 0 Å². The predicted molar refractivity (Wildman–Crippen MR) is 75.7 cm³/mol. The number of ether oxygens (including phenoxy) is 1. The average molecular weight is 258 g/mol. The number of methoxy groups -OCH3 is 1. The van der Waals surface area contributed by atoms with E-state index in [4.69, 9.17) is 4.74 Å². The van der Waals surface area contributed by atoms with E-state index in [1.165, 1.54) is 7.11 Å². The van der Waals surface area contributed by atoms with Crippen LogP contribution in [-0.4, -0.2) is 50.7 Å². The molecular formula is C14H30N2O2. The van der Waals surface area contributed by atoms with Gasteiger partial charge >= 0.3 is 5.97 Å². The first-order valence-corrected chi connectivity index (χ1v) is 6.90. The lowest BCUT2D eigenvalue weighted by Crippen LogP contribution is -2.54. The van der Waals surface area contributed by atoms with Crippen LogP contribution in [0.1, 0.15) is 40.0 Å². The summed E-state index contributed by atoms with van der Waals surface area (Å²) in [6.45, 7) is 8.09. The highest BCUT2D eigenvalue weighted by Gasteiger charge is 2.38. The largest absolute Gasteiger partial charge is 0.468 e. The first-order chi connectivity index (χ1) is 8.41. The molecule has 0 aliphatic heterocycles. The molecule has 0 saturated heterocycles. The summed E-state index contributed by atoms with van der Waals surface area (Å²) in [6, 6.07) is 0. The summed E-state index contributed by atoms with van der Waals surface area (Å²) in [5, 5.41) is 3.41. The Bertz CT molecular complexity index is 244. The van der Waals surface area contributed by atoms with Crippen molar-refractivity contribution in [2.75, 3.05) is 34.3 Å². The third kappa shape index (κ3) is 5.36. The standard InChI is InChI=1S/C14H30N2O2/c1-7-12(3)11-14(8-2,13(17)18-6)15-9-10-16(4)5/h12,15H,7-11H2,1-6H3. The van der Waals surface area contributed by atoms with E-state index in [0.29, 0.717) is 5.92 Å². The Hall–Kier alpha value is -0.610. The van der Waals surface area contributed by atoms with Gasteiger partial charge in [-0.3, -0.25) is 4.79 Å². The van der Waals surface area contributed by atoms with Gasteiger partial charge in [-0.05, 0) is 32.9 Å². The number of hydrogen-bond donors (Lipinski definition) is 1. The molecule has 2 unspecified atom stereocenters. The molecule has 0 rings (SSSR count). The van der Waals surface area contributed by atoms with Crippen LogP contribution >= 0.6 is 0 Å². The van der Waals surface area contributed by atoms with Crippen LogP contribution in [0, 0.1) is 5.92 Å². The molecule has 0 spiro atoms. The zero-order valence-corrected chi connectivity index (χ0v) is 12.9. The minimum atomic E-state index is -0.528. The molecule has 0 radical (unpaired) electrons. The fourth-order valence-electron chi connectivity index (χ4n) is 2.09. The highest BCUT2D eigenvalue weighted by molar-refractivity contribution is 5.80. The molecule has 0 saturated carbocycles. The normalized spacial score (nSPS) is 16.4. The van der Waals surface area contributed by atoms with Crippen molar-refractivity contribution in [1.82, 2.24) is 10.2 Å². The van der Waals surface area contributed by atoms with E-state index in [0.717, 1.165) is 32.4 Å². The molecule has 0 aliphatic rings. The van der Waals surface area contributed by atoms with Crippen molar-refractivity contribution in [2.45, 2.75) is 45.6 Å². The zero-order chi connectivity index (χ0) is 14.2. The Morgan fingerprint density at radius 3 is 2.39 bits per heavy atom. The van der Waals surface area contributed by atoms with Gasteiger partial charge in [-0.15, -0.1) is 0 Å². The third-order valence-corrected chi connectivity index (χ3v) is 3.60. The van der Waals surface area contributed by atoms with Gasteiger partial charge in [0.05, 0.1) is 7.11 Å². The summed E-state index contributed by atoms with van der Waals surface area (Å²) in [4.78, 5) is 14.2. The van der Waals surface area contributed by atoms with Crippen LogP contribution < -0.4 is 5.32 Å². The van der Waals surface area contributed by atoms with Crippen LogP contribution in [0.5, 0.6) is 0 Å². The molecule has 0 aliphatic carbocycles. The lowest BCUT2D eigenvalue weighted by atomic mass is 9.84. The SMILES string of the molecule is CCC(C)CC(CC)(NCCN(C)C)C(=O)OC. The molecule has 18 heavy (non-hydrogen) atoms. The van der Waals surface area contributed by atoms with Gasteiger partial charge in [0.2, 0.25) is 0 Å². The van der Waals surface area contributed by atoms with Crippen molar-refractivity contribution in [1.29, 1.82) is 0 Å². The molecule has 4 nitrogen and oxygen atoms in total. The summed E-state index contributed by atoms with van der Waals surface area (Å²) in [5.41, 5.74) is -0.528. The molecule has 1 N–H and O–H groups in total. The zero-order valence-electron chi connectivity index (χ0n) is 12.9. The first-order valence-electron chi connectivity index (χ1n) is 6.90. The van der Waals surface area contributed by atoms with Crippen molar-refractivity contribution in [3.05, 3.63) is 0 Å². The summed E-state index contributed by atoms with van der Waals surface area (Å²) in [7, 11) is 5.53. The molecule has 0 bridgehead atoms.